The highest BCUT2D eigenvalue weighted by Gasteiger charge is 2.18. The van der Waals surface area contributed by atoms with Crippen LogP contribution in [0.4, 0.5) is 4.39 Å². The average molecular weight is 346 g/mol. The average Bonchev–Trinajstić information content (AvgIpc) is 2.06. The molecule has 0 bridgehead atoms. The molecule has 0 spiro atoms. The molecule has 74 valence electrons. The first-order valence-corrected chi connectivity index (χ1v) is 6.59. The lowest BCUT2D eigenvalue weighted by Gasteiger charge is -2.00. The monoisotopic (exact) mass is 345 g/mol. The third kappa shape index (κ3) is 2.34. The Kier molecular flexibility index (Phi) is 3.34. The Bertz CT molecular complexity index is 523. The summed E-state index contributed by atoms with van der Waals surface area (Å²) in [6.07, 6.45) is 0. The summed E-state index contributed by atoms with van der Waals surface area (Å²) in [5.41, 5.74) is 0.0761. The predicted octanol–water partition coefficient (Wildman–Crippen LogP) is 2.23. The summed E-state index contributed by atoms with van der Waals surface area (Å²) >= 11 is 1.73. The van der Waals surface area contributed by atoms with Crippen molar-refractivity contribution in [1.29, 1.82) is 5.26 Å². The maximum Gasteiger partial charge on any atom is 0.264 e. The molecule has 0 fully saturated rings. The number of nitrogens with zero attached hydrogens (tertiary/aromatic N) is 1. The number of rotatable bonds is 1. The summed E-state index contributed by atoms with van der Waals surface area (Å²) in [5, 5.41) is 8.53. The maximum atomic E-state index is 13.1. The maximum absolute atomic E-state index is 13.1. The van der Waals surface area contributed by atoms with Gasteiger partial charge in [-0.25, -0.2) is 12.8 Å². The largest absolute Gasteiger partial charge is 0.264 e. The molecule has 1 aromatic carbocycles. The number of halogens is 3. The fourth-order valence-electron chi connectivity index (χ4n) is 0.801. The molecule has 0 radical (unpaired) electrons. The predicted molar refractivity (Wildman–Crippen MR) is 56.9 cm³/mol. The van der Waals surface area contributed by atoms with Gasteiger partial charge in [-0.05, 0) is 34.7 Å². The van der Waals surface area contributed by atoms with Crippen LogP contribution in [-0.4, -0.2) is 8.42 Å². The molecular formula is C7H2ClFINO2S. The molecule has 0 aliphatic rings. The van der Waals surface area contributed by atoms with Crippen LogP contribution in [0.5, 0.6) is 0 Å². The van der Waals surface area contributed by atoms with Crippen molar-refractivity contribution in [1.82, 2.24) is 0 Å². The van der Waals surface area contributed by atoms with E-state index in [1.807, 2.05) is 0 Å². The molecule has 14 heavy (non-hydrogen) atoms. The molecule has 7 heteroatoms. The Hall–Kier alpha value is -0.390. The van der Waals surface area contributed by atoms with Crippen molar-refractivity contribution in [3.8, 4) is 6.07 Å². The molecule has 0 unspecified atom stereocenters. The standard InChI is InChI=1S/C7H2ClFINO2S/c8-14(12,13)7-2-6(10)4(3-11)1-5(7)9/h1-2H. The van der Waals surface area contributed by atoms with E-state index in [1.54, 1.807) is 28.7 Å². The van der Waals surface area contributed by atoms with Gasteiger partial charge in [0.05, 0.1) is 5.56 Å². The highest BCUT2D eigenvalue weighted by Crippen LogP contribution is 2.23. The first kappa shape index (κ1) is 11.7. The molecule has 0 saturated carbocycles. The molecule has 0 N–H and O–H groups in total. The van der Waals surface area contributed by atoms with Crippen molar-refractivity contribution in [2.75, 3.05) is 0 Å². The summed E-state index contributed by atoms with van der Waals surface area (Å²) in [6, 6.07) is 3.60. The molecule has 0 amide bonds. The lowest BCUT2D eigenvalue weighted by atomic mass is 10.2. The van der Waals surface area contributed by atoms with Crippen molar-refractivity contribution >= 4 is 42.3 Å². The van der Waals surface area contributed by atoms with E-state index in [0.717, 1.165) is 12.1 Å². The second-order valence-electron chi connectivity index (χ2n) is 2.31. The summed E-state index contributed by atoms with van der Waals surface area (Å²) < 4.78 is 35.1. The fourth-order valence-corrected chi connectivity index (χ4v) is 2.51. The Labute approximate surface area is 98.0 Å². The van der Waals surface area contributed by atoms with Crippen LogP contribution in [0.15, 0.2) is 17.0 Å². The van der Waals surface area contributed by atoms with Crippen LogP contribution in [0.25, 0.3) is 0 Å². The Morgan fingerprint density at radius 3 is 2.50 bits per heavy atom. The number of benzene rings is 1. The molecule has 0 heterocycles. The molecule has 1 rings (SSSR count). The summed E-state index contributed by atoms with van der Waals surface area (Å²) in [6.45, 7) is 0. The van der Waals surface area contributed by atoms with Crippen molar-refractivity contribution < 1.29 is 12.8 Å². The number of nitriles is 1. The van der Waals surface area contributed by atoms with Crippen LogP contribution in [0.1, 0.15) is 5.56 Å². The van der Waals surface area contributed by atoms with Crippen LogP contribution in [-0.2, 0) is 9.05 Å². The lowest BCUT2D eigenvalue weighted by Crippen LogP contribution is -1.98. The first-order valence-electron chi connectivity index (χ1n) is 3.20. The molecule has 0 aliphatic heterocycles. The molecule has 0 aliphatic carbocycles. The summed E-state index contributed by atoms with van der Waals surface area (Å²) in [5.74, 6) is -1.02. The second kappa shape index (κ2) is 4.00. The van der Waals surface area contributed by atoms with Gasteiger partial charge in [-0.3, -0.25) is 0 Å². The van der Waals surface area contributed by atoms with E-state index in [4.69, 9.17) is 15.9 Å². The van der Waals surface area contributed by atoms with Gasteiger partial charge in [-0.15, -0.1) is 0 Å². The highest BCUT2D eigenvalue weighted by molar-refractivity contribution is 14.1. The third-order valence-corrected chi connectivity index (χ3v) is 3.63. The molecule has 1 aromatic rings. The molecule has 0 saturated heterocycles. The van der Waals surface area contributed by atoms with Gasteiger partial charge in [0.1, 0.15) is 16.8 Å². The summed E-state index contributed by atoms with van der Waals surface area (Å²) in [7, 11) is 0.879. The van der Waals surface area contributed by atoms with Crippen LogP contribution in [0, 0.1) is 20.7 Å². The Morgan fingerprint density at radius 2 is 2.07 bits per heavy atom. The molecule has 0 atom stereocenters. The van der Waals surface area contributed by atoms with Gasteiger partial charge in [0.15, 0.2) is 0 Å². The summed E-state index contributed by atoms with van der Waals surface area (Å²) in [4.78, 5) is -0.609. The van der Waals surface area contributed by atoms with Crippen LogP contribution >= 0.6 is 33.3 Å². The van der Waals surface area contributed by atoms with E-state index in [1.165, 1.54) is 0 Å². The number of hydrogen-bond acceptors (Lipinski definition) is 3. The van der Waals surface area contributed by atoms with E-state index >= 15 is 0 Å². The molecule has 3 nitrogen and oxygen atoms in total. The van der Waals surface area contributed by atoms with Crippen LogP contribution in [0.2, 0.25) is 0 Å². The van der Waals surface area contributed by atoms with Crippen LogP contribution < -0.4 is 0 Å². The topological polar surface area (TPSA) is 57.9 Å². The van der Waals surface area contributed by atoms with Gasteiger partial charge in [-0.2, -0.15) is 5.26 Å². The lowest BCUT2D eigenvalue weighted by molar-refractivity contribution is 0.575. The minimum absolute atomic E-state index is 0.0761. The zero-order valence-electron chi connectivity index (χ0n) is 6.46. The van der Waals surface area contributed by atoms with Gasteiger partial charge in [-0.1, -0.05) is 0 Å². The zero-order valence-corrected chi connectivity index (χ0v) is 10.2. The first-order chi connectivity index (χ1) is 6.36. The van der Waals surface area contributed by atoms with Crippen molar-refractivity contribution in [2.45, 2.75) is 4.90 Å². The normalized spacial score (nSPS) is 11.0. The van der Waals surface area contributed by atoms with Crippen molar-refractivity contribution in [3.63, 3.8) is 0 Å². The Morgan fingerprint density at radius 1 is 1.50 bits per heavy atom. The van der Waals surface area contributed by atoms with E-state index in [9.17, 15) is 12.8 Å². The van der Waals surface area contributed by atoms with Gasteiger partial charge in [0, 0.05) is 14.3 Å². The van der Waals surface area contributed by atoms with Gasteiger partial charge < -0.3 is 0 Å². The highest BCUT2D eigenvalue weighted by atomic mass is 127. The second-order valence-corrected chi connectivity index (χ2v) is 6.01. The SMILES string of the molecule is N#Cc1cc(F)c(S(=O)(=O)Cl)cc1I. The Balaban J connectivity index is 3.54. The minimum Gasteiger partial charge on any atom is -0.207 e. The fraction of sp³-hybridized carbons (Fsp3) is 0. The number of hydrogen-bond donors (Lipinski definition) is 0. The molecular weight excluding hydrogens is 344 g/mol. The van der Waals surface area contributed by atoms with Crippen LogP contribution in [0.3, 0.4) is 0 Å². The van der Waals surface area contributed by atoms with E-state index in [0.29, 0.717) is 3.57 Å². The van der Waals surface area contributed by atoms with E-state index in [-0.39, 0.29) is 5.56 Å². The van der Waals surface area contributed by atoms with Crippen molar-refractivity contribution in [3.05, 3.63) is 27.1 Å². The molecule has 0 aromatic heterocycles. The third-order valence-electron chi connectivity index (χ3n) is 1.40. The zero-order chi connectivity index (χ0) is 10.9. The van der Waals surface area contributed by atoms with E-state index in [2.05, 4.69) is 0 Å². The van der Waals surface area contributed by atoms with Gasteiger partial charge in [0.2, 0.25) is 0 Å². The van der Waals surface area contributed by atoms with E-state index < -0.39 is 19.8 Å². The quantitative estimate of drug-likeness (QED) is 0.579. The van der Waals surface area contributed by atoms with Gasteiger partial charge >= 0.3 is 0 Å². The minimum atomic E-state index is -4.10. The smallest absolute Gasteiger partial charge is 0.207 e. The van der Waals surface area contributed by atoms with Gasteiger partial charge in [0.25, 0.3) is 9.05 Å². The van der Waals surface area contributed by atoms with Crippen molar-refractivity contribution in [2.24, 2.45) is 0 Å².